The maximum atomic E-state index is 11.7. The highest BCUT2D eigenvalue weighted by Crippen LogP contribution is 2.22. The van der Waals surface area contributed by atoms with Crippen LogP contribution in [0.2, 0.25) is 0 Å². The Morgan fingerprint density at radius 2 is 1.71 bits per heavy atom. The highest BCUT2D eigenvalue weighted by atomic mass is 16.5. The van der Waals surface area contributed by atoms with Crippen molar-refractivity contribution < 1.29 is 19.1 Å². The zero-order valence-electron chi connectivity index (χ0n) is 13.7. The van der Waals surface area contributed by atoms with Gasteiger partial charge < -0.3 is 9.47 Å². The molecule has 10 heteroatoms. The molecule has 0 radical (unpaired) electrons. The van der Waals surface area contributed by atoms with Gasteiger partial charge in [0, 0.05) is 34.7 Å². The standard InChI is InChI=1S/C14H20N6O4/c1-4-5-6-12(21)23-9-14(7-17-19-15,8-18-20-16)10-24-13(22)11(2)3/h1,11H,5-10H2,2-3H3. The summed E-state index contributed by atoms with van der Waals surface area (Å²) in [5.74, 6) is 0.933. The second kappa shape index (κ2) is 11.7. The third-order valence-corrected chi connectivity index (χ3v) is 2.94. The average molecular weight is 336 g/mol. The summed E-state index contributed by atoms with van der Waals surface area (Å²) in [7, 11) is 0. The van der Waals surface area contributed by atoms with Crippen LogP contribution in [-0.2, 0) is 19.1 Å². The fourth-order valence-corrected chi connectivity index (χ4v) is 1.51. The van der Waals surface area contributed by atoms with Crippen LogP contribution in [0.15, 0.2) is 10.2 Å². The van der Waals surface area contributed by atoms with Gasteiger partial charge >= 0.3 is 11.9 Å². The lowest BCUT2D eigenvalue weighted by Gasteiger charge is -2.29. The summed E-state index contributed by atoms with van der Waals surface area (Å²) < 4.78 is 10.3. The predicted molar refractivity (Wildman–Crippen MR) is 85.3 cm³/mol. The Morgan fingerprint density at radius 3 is 2.17 bits per heavy atom. The van der Waals surface area contributed by atoms with Crippen molar-refractivity contribution in [3.63, 3.8) is 0 Å². The Morgan fingerprint density at radius 1 is 1.17 bits per heavy atom. The minimum Gasteiger partial charge on any atom is -0.465 e. The Kier molecular flexibility index (Phi) is 10.3. The van der Waals surface area contributed by atoms with Crippen LogP contribution in [0, 0.1) is 23.7 Å². The molecule has 0 atom stereocenters. The third-order valence-electron chi connectivity index (χ3n) is 2.94. The van der Waals surface area contributed by atoms with Crippen LogP contribution < -0.4 is 0 Å². The lowest BCUT2D eigenvalue weighted by Crippen LogP contribution is -2.40. The minimum atomic E-state index is -1.13. The Hall–Kier alpha value is -2.88. The van der Waals surface area contributed by atoms with Gasteiger partial charge in [0.05, 0.1) is 12.3 Å². The van der Waals surface area contributed by atoms with E-state index < -0.39 is 17.4 Å². The van der Waals surface area contributed by atoms with Crippen molar-refractivity contribution in [2.24, 2.45) is 21.6 Å². The molecule has 0 fully saturated rings. The molecule has 0 aromatic carbocycles. The Bertz CT molecular complexity index is 550. The molecule has 0 unspecified atom stereocenters. The summed E-state index contributed by atoms with van der Waals surface area (Å²) in [6.45, 7) is 2.52. The smallest absolute Gasteiger partial charge is 0.308 e. The van der Waals surface area contributed by atoms with Gasteiger partial charge in [-0.15, -0.1) is 12.3 Å². The molecule has 0 heterocycles. The first-order chi connectivity index (χ1) is 11.4. The number of hydrogen-bond donors (Lipinski definition) is 0. The van der Waals surface area contributed by atoms with Crippen molar-refractivity contribution in [2.45, 2.75) is 26.7 Å². The molecule has 24 heavy (non-hydrogen) atoms. The molecule has 0 rings (SSSR count). The molecule has 0 aliphatic carbocycles. The lowest BCUT2D eigenvalue weighted by atomic mass is 9.90. The molecule has 0 saturated carbocycles. The van der Waals surface area contributed by atoms with Gasteiger partial charge in [-0.2, -0.15) is 0 Å². The summed E-state index contributed by atoms with van der Waals surface area (Å²) in [4.78, 5) is 28.6. The molecule has 0 N–H and O–H groups in total. The summed E-state index contributed by atoms with van der Waals surface area (Å²) >= 11 is 0. The first kappa shape index (κ1) is 21.1. The van der Waals surface area contributed by atoms with Crippen molar-refractivity contribution in [2.75, 3.05) is 26.3 Å². The Labute approximate surface area is 139 Å². The zero-order valence-corrected chi connectivity index (χ0v) is 13.7. The number of hydrogen-bond acceptors (Lipinski definition) is 6. The monoisotopic (exact) mass is 336 g/mol. The molecule has 0 aliphatic rings. The van der Waals surface area contributed by atoms with Gasteiger partial charge in [0.1, 0.15) is 13.2 Å². The second-order valence-electron chi connectivity index (χ2n) is 5.41. The van der Waals surface area contributed by atoms with Crippen LogP contribution in [-0.4, -0.2) is 38.2 Å². The summed E-state index contributed by atoms with van der Waals surface area (Å²) in [5.41, 5.74) is 15.9. The predicted octanol–water partition coefficient (Wildman–Crippen LogP) is 2.75. The Balaban J connectivity index is 5.13. The number of azide groups is 2. The van der Waals surface area contributed by atoms with E-state index in [1.54, 1.807) is 13.8 Å². The number of nitrogens with zero attached hydrogens (tertiary/aromatic N) is 6. The maximum Gasteiger partial charge on any atom is 0.308 e. The fraction of sp³-hybridized carbons (Fsp3) is 0.714. The SMILES string of the molecule is C#CCCC(=O)OCC(CN=[N+]=[N-])(CN=[N+]=[N-])COC(=O)C(C)C. The molecular formula is C14H20N6O4. The van der Waals surface area contributed by atoms with E-state index in [0.29, 0.717) is 0 Å². The van der Waals surface area contributed by atoms with Gasteiger partial charge in [0.25, 0.3) is 0 Å². The minimum absolute atomic E-state index is 0.0292. The van der Waals surface area contributed by atoms with Crippen LogP contribution in [0.5, 0.6) is 0 Å². The fourth-order valence-electron chi connectivity index (χ4n) is 1.51. The van der Waals surface area contributed by atoms with Gasteiger partial charge in [-0.1, -0.05) is 24.1 Å². The highest BCUT2D eigenvalue weighted by Gasteiger charge is 2.33. The van der Waals surface area contributed by atoms with E-state index in [1.165, 1.54) is 0 Å². The number of carbonyl (C=O) groups excluding carboxylic acids is 2. The molecule has 0 aromatic rings. The van der Waals surface area contributed by atoms with Crippen molar-refractivity contribution >= 4 is 11.9 Å². The topological polar surface area (TPSA) is 150 Å². The van der Waals surface area contributed by atoms with Crippen molar-refractivity contribution in [1.82, 2.24) is 0 Å². The van der Waals surface area contributed by atoms with Gasteiger partial charge in [-0.3, -0.25) is 9.59 Å². The van der Waals surface area contributed by atoms with Crippen LogP contribution in [0.1, 0.15) is 26.7 Å². The molecule has 0 spiro atoms. The molecule has 0 aromatic heterocycles. The molecule has 0 amide bonds. The molecule has 0 aliphatic heterocycles. The van der Waals surface area contributed by atoms with Crippen molar-refractivity contribution in [3.05, 3.63) is 20.9 Å². The molecule has 10 nitrogen and oxygen atoms in total. The first-order valence-corrected chi connectivity index (χ1v) is 7.18. The average Bonchev–Trinajstić information content (AvgIpc) is 2.58. The molecule has 130 valence electrons. The van der Waals surface area contributed by atoms with E-state index in [-0.39, 0.29) is 45.1 Å². The van der Waals surface area contributed by atoms with E-state index in [0.717, 1.165) is 0 Å². The van der Waals surface area contributed by atoms with E-state index in [2.05, 4.69) is 26.0 Å². The summed E-state index contributed by atoms with van der Waals surface area (Å²) in [6, 6.07) is 0. The maximum absolute atomic E-state index is 11.7. The van der Waals surface area contributed by atoms with E-state index in [1.807, 2.05) is 0 Å². The number of rotatable bonds is 11. The van der Waals surface area contributed by atoms with E-state index in [9.17, 15) is 9.59 Å². The number of carbonyl (C=O) groups is 2. The van der Waals surface area contributed by atoms with Crippen LogP contribution in [0.3, 0.4) is 0 Å². The summed E-state index contributed by atoms with van der Waals surface area (Å²) in [5, 5.41) is 6.88. The van der Waals surface area contributed by atoms with Crippen LogP contribution in [0.4, 0.5) is 0 Å². The van der Waals surface area contributed by atoms with Crippen LogP contribution in [0.25, 0.3) is 20.9 Å². The normalized spacial score (nSPS) is 12.1. The lowest BCUT2D eigenvalue weighted by molar-refractivity contribution is -0.155. The molecule has 0 bridgehead atoms. The number of terminal acetylenes is 1. The largest absolute Gasteiger partial charge is 0.465 e. The zero-order chi connectivity index (χ0) is 18.4. The van der Waals surface area contributed by atoms with Gasteiger partial charge in [0.15, 0.2) is 0 Å². The number of esters is 2. The van der Waals surface area contributed by atoms with Crippen LogP contribution >= 0.6 is 0 Å². The third kappa shape index (κ3) is 8.54. The summed E-state index contributed by atoms with van der Waals surface area (Å²) in [6.07, 6.45) is 5.33. The van der Waals surface area contributed by atoms with Gasteiger partial charge in [-0.25, -0.2) is 0 Å². The second-order valence-corrected chi connectivity index (χ2v) is 5.41. The first-order valence-electron chi connectivity index (χ1n) is 7.18. The van der Waals surface area contributed by atoms with E-state index in [4.69, 9.17) is 27.0 Å². The van der Waals surface area contributed by atoms with Crippen molar-refractivity contribution in [3.8, 4) is 12.3 Å². The van der Waals surface area contributed by atoms with Gasteiger partial charge in [-0.05, 0) is 11.1 Å². The molecule has 0 saturated heterocycles. The molecular weight excluding hydrogens is 316 g/mol. The van der Waals surface area contributed by atoms with Gasteiger partial charge in [0.2, 0.25) is 0 Å². The van der Waals surface area contributed by atoms with E-state index >= 15 is 0 Å². The quantitative estimate of drug-likeness (QED) is 0.187. The van der Waals surface area contributed by atoms with Crippen molar-refractivity contribution in [1.29, 1.82) is 0 Å². The number of ether oxygens (including phenoxy) is 2. The highest BCUT2D eigenvalue weighted by molar-refractivity contribution is 5.71.